The fourth-order valence-electron chi connectivity index (χ4n) is 1.44. The fraction of sp³-hybridized carbons (Fsp3) is 0.429. The summed E-state index contributed by atoms with van der Waals surface area (Å²) in [5, 5.41) is 11.2. The van der Waals surface area contributed by atoms with Crippen LogP contribution in [0.3, 0.4) is 0 Å². The second kappa shape index (κ2) is 11.2. The third kappa shape index (κ3) is 8.14. The van der Waals surface area contributed by atoms with Crippen LogP contribution >= 0.6 is 21.6 Å². The van der Waals surface area contributed by atoms with Gasteiger partial charge < -0.3 is 15.2 Å². The Morgan fingerprint density at radius 3 is 2.77 bits per heavy atom. The van der Waals surface area contributed by atoms with Crippen LogP contribution in [0.4, 0.5) is 4.39 Å². The molecule has 22 heavy (non-hydrogen) atoms. The lowest BCUT2D eigenvalue weighted by Crippen LogP contribution is -2.25. The van der Waals surface area contributed by atoms with Gasteiger partial charge in [0.05, 0.1) is 6.42 Å². The monoisotopic (exact) mass is 347 g/mol. The highest BCUT2D eigenvalue weighted by Crippen LogP contribution is 2.21. The number of amides is 1. The summed E-state index contributed by atoms with van der Waals surface area (Å²) in [6.45, 7) is -0.123. The maximum Gasteiger partial charge on any atom is 0.304 e. The van der Waals surface area contributed by atoms with Gasteiger partial charge in [0.1, 0.15) is 19.0 Å². The molecule has 0 atom stereocenters. The predicted molar refractivity (Wildman–Crippen MR) is 87.4 cm³/mol. The molecule has 0 aromatic heterocycles. The lowest BCUT2D eigenvalue weighted by Gasteiger charge is -2.07. The van der Waals surface area contributed by atoms with E-state index in [1.807, 2.05) is 0 Å². The smallest absolute Gasteiger partial charge is 0.304 e. The van der Waals surface area contributed by atoms with E-state index < -0.39 is 12.6 Å². The third-order valence-electron chi connectivity index (χ3n) is 2.40. The van der Waals surface area contributed by atoms with Gasteiger partial charge in [0.2, 0.25) is 0 Å². The Kier molecular flexibility index (Phi) is 9.49. The summed E-state index contributed by atoms with van der Waals surface area (Å²) in [6.07, 6.45) is 0.135. The van der Waals surface area contributed by atoms with Crippen molar-refractivity contribution in [2.24, 2.45) is 0 Å². The first kappa shape index (κ1) is 18.6. The van der Waals surface area contributed by atoms with Crippen LogP contribution in [0.5, 0.6) is 5.75 Å². The zero-order valence-corrected chi connectivity index (χ0v) is 13.6. The van der Waals surface area contributed by atoms with Crippen molar-refractivity contribution in [1.82, 2.24) is 5.32 Å². The highest BCUT2D eigenvalue weighted by atomic mass is 33.1. The van der Waals surface area contributed by atoms with Crippen LogP contribution in [0, 0.1) is 0 Å². The summed E-state index contributed by atoms with van der Waals surface area (Å²) in [7, 11) is 2.99. The number of carboxylic acids is 1. The van der Waals surface area contributed by atoms with E-state index in [9.17, 15) is 14.0 Å². The number of carbonyl (C=O) groups excluding carboxylic acids is 1. The highest BCUT2D eigenvalue weighted by Gasteiger charge is 2.06. The first-order valence-corrected chi connectivity index (χ1v) is 9.15. The van der Waals surface area contributed by atoms with E-state index in [0.717, 1.165) is 0 Å². The molecule has 0 unspecified atom stereocenters. The summed E-state index contributed by atoms with van der Waals surface area (Å²) < 4.78 is 17.2. The molecule has 1 rings (SSSR count). The van der Waals surface area contributed by atoms with E-state index in [4.69, 9.17) is 9.84 Å². The summed E-state index contributed by atoms with van der Waals surface area (Å²) in [5.74, 6) is 0.665. The van der Waals surface area contributed by atoms with Crippen molar-refractivity contribution in [1.29, 1.82) is 0 Å². The molecule has 1 aromatic carbocycles. The highest BCUT2D eigenvalue weighted by molar-refractivity contribution is 8.76. The van der Waals surface area contributed by atoms with Crippen molar-refractivity contribution in [3.8, 4) is 5.75 Å². The van der Waals surface area contributed by atoms with Crippen molar-refractivity contribution in [3.05, 3.63) is 29.8 Å². The molecule has 1 amide bonds. The Labute approximate surface area is 136 Å². The summed E-state index contributed by atoms with van der Waals surface area (Å²) in [6, 6.07) is 6.58. The van der Waals surface area contributed by atoms with Crippen molar-refractivity contribution >= 4 is 33.5 Å². The average molecular weight is 347 g/mol. The minimum absolute atomic E-state index is 0.0325. The van der Waals surface area contributed by atoms with Gasteiger partial charge in [0.15, 0.2) is 0 Å². The van der Waals surface area contributed by atoms with Gasteiger partial charge in [-0.25, -0.2) is 4.39 Å². The van der Waals surface area contributed by atoms with E-state index in [2.05, 4.69) is 5.32 Å². The van der Waals surface area contributed by atoms with Crippen LogP contribution in [0.25, 0.3) is 0 Å². The van der Waals surface area contributed by atoms with Crippen LogP contribution in [0.15, 0.2) is 24.3 Å². The van der Waals surface area contributed by atoms with E-state index in [-0.39, 0.29) is 18.9 Å². The van der Waals surface area contributed by atoms with Gasteiger partial charge in [-0.15, -0.1) is 0 Å². The Hall–Kier alpha value is -1.41. The van der Waals surface area contributed by atoms with Crippen LogP contribution in [-0.4, -0.2) is 48.3 Å². The van der Waals surface area contributed by atoms with E-state index in [1.54, 1.807) is 24.3 Å². The van der Waals surface area contributed by atoms with Crippen molar-refractivity contribution in [2.45, 2.75) is 6.42 Å². The molecule has 0 saturated carbocycles. The number of carbonyl (C=O) groups is 2. The van der Waals surface area contributed by atoms with Gasteiger partial charge in [0.25, 0.3) is 5.91 Å². The number of hydrogen-bond donors (Lipinski definition) is 2. The lowest BCUT2D eigenvalue weighted by atomic mass is 10.2. The van der Waals surface area contributed by atoms with Gasteiger partial charge in [-0.05, 0) is 18.2 Å². The zero-order chi connectivity index (χ0) is 16.2. The number of benzene rings is 1. The summed E-state index contributed by atoms with van der Waals surface area (Å²) in [5.41, 5.74) is 0.458. The van der Waals surface area contributed by atoms with Crippen LogP contribution in [0.2, 0.25) is 0 Å². The minimum atomic E-state index is -0.809. The maximum atomic E-state index is 12.0. The number of aliphatic carboxylic acids is 1. The Morgan fingerprint density at radius 2 is 2.05 bits per heavy atom. The first-order chi connectivity index (χ1) is 10.6. The fourth-order valence-corrected chi connectivity index (χ4v) is 3.32. The Balaban J connectivity index is 2.23. The topological polar surface area (TPSA) is 75.6 Å². The van der Waals surface area contributed by atoms with Crippen LogP contribution < -0.4 is 10.1 Å². The summed E-state index contributed by atoms with van der Waals surface area (Å²) in [4.78, 5) is 22.2. The lowest BCUT2D eigenvalue weighted by molar-refractivity contribution is -0.136. The molecular weight excluding hydrogens is 329 g/mol. The number of alkyl halides is 1. The maximum absolute atomic E-state index is 12.0. The molecule has 2 N–H and O–H groups in total. The SMILES string of the molecule is O=C(O)CCSSCCNC(=O)c1cccc(OCCF)c1. The van der Waals surface area contributed by atoms with Gasteiger partial charge in [0, 0.05) is 23.6 Å². The molecule has 5 nitrogen and oxygen atoms in total. The molecule has 0 aliphatic rings. The number of ether oxygens (including phenoxy) is 1. The standard InChI is InChI=1S/C14H18FNO4S2/c15-5-7-20-12-3-1-2-11(10-12)14(19)16-6-9-22-21-8-4-13(17)18/h1-3,10H,4-9H2,(H,16,19)(H,17,18). The van der Waals surface area contributed by atoms with Crippen molar-refractivity contribution < 1.29 is 23.8 Å². The molecule has 0 aliphatic heterocycles. The van der Waals surface area contributed by atoms with Crippen LogP contribution in [0.1, 0.15) is 16.8 Å². The first-order valence-electron chi connectivity index (χ1n) is 6.66. The van der Waals surface area contributed by atoms with Crippen LogP contribution in [-0.2, 0) is 4.79 Å². The minimum Gasteiger partial charge on any atom is -0.491 e. The molecular formula is C14H18FNO4S2. The summed E-state index contributed by atoms with van der Waals surface area (Å²) >= 11 is 0. The van der Waals surface area contributed by atoms with E-state index >= 15 is 0 Å². The average Bonchev–Trinajstić information content (AvgIpc) is 2.51. The molecule has 1 aromatic rings. The zero-order valence-electron chi connectivity index (χ0n) is 11.9. The number of rotatable bonds is 11. The second-order valence-corrected chi connectivity index (χ2v) is 6.81. The quantitative estimate of drug-likeness (QED) is 0.473. The number of halogens is 1. The number of nitrogens with one attached hydrogen (secondary N) is 1. The van der Waals surface area contributed by atoms with E-state index in [0.29, 0.717) is 29.4 Å². The predicted octanol–water partition coefficient (Wildman–Crippen LogP) is 2.62. The molecule has 0 spiro atoms. The van der Waals surface area contributed by atoms with Gasteiger partial charge in [-0.1, -0.05) is 27.7 Å². The molecule has 0 aliphatic carbocycles. The number of carboxylic acid groups (broad SMARTS) is 1. The molecule has 0 bridgehead atoms. The normalized spacial score (nSPS) is 10.2. The van der Waals surface area contributed by atoms with Gasteiger partial charge >= 0.3 is 5.97 Å². The molecule has 0 fully saturated rings. The number of hydrogen-bond acceptors (Lipinski definition) is 5. The molecule has 8 heteroatoms. The second-order valence-electron chi connectivity index (χ2n) is 4.11. The third-order valence-corrected chi connectivity index (χ3v) is 4.80. The van der Waals surface area contributed by atoms with Crippen molar-refractivity contribution in [3.63, 3.8) is 0 Å². The largest absolute Gasteiger partial charge is 0.491 e. The Morgan fingerprint density at radius 1 is 1.27 bits per heavy atom. The molecule has 122 valence electrons. The van der Waals surface area contributed by atoms with Gasteiger partial charge in [-0.3, -0.25) is 9.59 Å². The van der Waals surface area contributed by atoms with Crippen molar-refractivity contribution in [2.75, 3.05) is 31.3 Å². The molecule has 0 radical (unpaired) electrons. The van der Waals surface area contributed by atoms with Gasteiger partial charge in [-0.2, -0.15) is 0 Å². The Bertz CT molecular complexity index is 488. The molecule has 0 heterocycles. The van der Waals surface area contributed by atoms with E-state index in [1.165, 1.54) is 21.6 Å². The molecule has 0 saturated heterocycles.